The highest BCUT2D eigenvalue weighted by atomic mass is 16.2. The van der Waals surface area contributed by atoms with Gasteiger partial charge in [0.25, 0.3) is 0 Å². The Bertz CT molecular complexity index is 1050. The quantitative estimate of drug-likeness (QED) is 0.541. The highest BCUT2D eigenvalue weighted by molar-refractivity contribution is 5.96. The molecule has 1 saturated heterocycles. The van der Waals surface area contributed by atoms with Crippen LogP contribution < -0.4 is 15.5 Å². The minimum Gasteiger partial charge on any atom is -0.326 e. The Morgan fingerprint density at radius 3 is 2.28 bits per heavy atom. The maximum Gasteiger partial charge on any atom is 0.227 e. The standard InChI is InChI=1S/C27H29N3O2/c1-20-9-11-22(12-10-20)27(21-6-3-2-4-7-21)28-18-17-25(31)29-23-13-15-24(16-14-23)30-19-5-8-26(30)32/h2-4,6-7,9-16,27-28H,5,8,17-19H2,1H3,(H,29,31)/t27-/m1/s1. The van der Waals surface area contributed by atoms with Gasteiger partial charge in [-0.15, -0.1) is 0 Å². The second-order valence-electron chi connectivity index (χ2n) is 8.20. The van der Waals surface area contributed by atoms with Gasteiger partial charge < -0.3 is 15.5 Å². The third kappa shape index (κ3) is 5.42. The molecular weight excluding hydrogens is 398 g/mol. The van der Waals surface area contributed by atoms with Crippen LogP contribution in [-0.2, 0) is 9.59 Å². The summed E-state index contributed by atoms with van der Waals surface area (Å²) in [5.41, 5.74) is 5.19. The Morgan fingerprint density at radius 1 is 0.938 bits per heavy atom. The topological polar surface area (TPSA) is 61.4 Å². The summed E-state index contributed by atoms with van der Waals surface area (Å²) in [5.74, 6) is 0.118. The molecule has 1 atom stereocenters. The predicted octanol–water partition coefficient (Wildman–Crippen LogP) is 4.83. The van der Waals surface area contributed by atoms with E-state index >= 15 is 0 Å². The van der Waals surface area contributed by atoms with Gasteiger partial charge in [0.15, 0.2) is 0 Å². The summed E-state index contributed by atoms with van der Waals surface area (Å²) in [5, 5.41) is 6.48. The van der Waals surface area contributed by atoms with Crippen LogP contribution in [0.15, 0.2) is 78.9 Å². The Balaban J connectivity index is 1.33. The van der Waals surface area contributed by atoms with Crippen LogP contribution in [0, 0.1) is 6.92 Å². The molecule has 1 heterocycles. The van der Waals surface area contributed by atoms with Crippen molar-refractivity contribution in [2.75, 3.05) is 23.3 Å². The normalized spacial score (nSPS) is 14.4. The van der Waals surface area contributed by atoms with Crippen molar-refractivity contribution in [3.05, 3.63) is 95.6 Å². The first kappa shape index (κ1) is 21.8. The number of carbonyl (C=O) groups is 2. The molecule has 0 aliphatic carbocycles. The average molecular weight is 428 g/mol. The fourth-order valence-corrected chi connectivity index (χ4v) is 4.03. The number of amides is 2. The first-order chi connectivity index (χ1) is 15.6. The van der Waals surface area contributed by atoms with Crippen LogP contribution in [0.2, 0.25) is 0 Å². The summed E-state index contributed by atoms with van der Waals surface area (Å²) in [6.45, 7) is 3.40. The van der Waals surface area contributed by atoms with Crippen molar-refractivity contribution in [2.45, 2.75) is 32.2 Å². The molecule has 32 heavy (non-hydrogen) atoms. The maximum absolute atomic E-state index is 12.5. The molecule has 164 valence electrons. The van der Waals surface area contributed by atoms with Gasteiger partial charge in [-0.3, -0.25) is 9.59 Å². The van der Waals surface area contributed by atoms with Crippen molar-refractivity contribution in [1.82, 2.24) is 5.32 Å². The van der Waals surface area contributed by atoms with Gasteiger partial charge in [0.05, 0.1) is 6.04 Å². The van der Waals surface area contributed by atoms with Gasteiger partial charge in [-0.2, -0.15) is 0 Å². The molecule has 2 amide bonds. The van der Waals surface area contributed by atoms with E-state index in [1.54, 1.807) is 4.90 Å². The van der Waals surface area contributed by atoms with Gasteiger partial charge in [-0.25, -0.2) is 0 Å². The third-order valence-corrected chi connectivity index (χ3v) is 5.78. The molecule has 2 N–H and O–H groups in total. The predicted molar refractivity (Wildman–Crippen MR) is 129 cm³/mol. The zero-order chi connectivity index (χ0) is 22.3. The lowest BCUT2D eigenvalue weighted by atomic mass is 9.98. The Morgan fingerprint density at radius 2 is 1.62 bits per heavy atom. The van der Waals surface area contributed by atoms with E-state index < -0.39 is 0 Å². The van der Waals surface area contributed by atoms with Crippen LogP contribution >= 0.6 is 0 Å². The fourth-order valence-electron chi connectivity index (χ4n) is 4.03. The van der Waals surface area contributed by atoms with Crippen LogP contribution in [0.5, 0.6) is 0 Å². The molecule has 3 aromatic rings. The second kappa shape index (κ2) is 10.2. The minimum atomic E-state index is -0.0433. The molecule has 0 unspecified atom stereocenters. The van der Waals surface area contributed by atoms with Crippen molar-refractivity contribution < 1.29 is 9.59 Å². The first-order valence-electron chi connectivity index (χ1n) is 11.2. The molecule has 0 radical (unpaired) electrons. The van der Waals surface area contributed by atoms with Gasteiger partial charge >= 0.3 is 0 Å². The number of rotatable bonds is 8. The molecule has 1 fully saturated rings. The van der Waals surface area contributed by atoms with Crippen molar-refractivity contribution in [1.29, 1.82) is 0 Å². The maximum atomic E-state index is 12.5. The number of aryl methyl sites for hydroxylation is 1. The Labute approximate surface area is 189 Å². The molecule has 1 aliphatic rings. The minimum absolute atomic E-state index is 0.0295. The van der Waals surface area contributed by atoms with Gasteiger partial charge in [-0.1, -0.05) is 60.2 Å². The highest BCUT2D eigenvalue weighted by Crippen LogP contribution is 2.24. The largest absolute Gasteiger partial charge is 0.326 e. The fraction of sp³-hybridized carbons (Fsp3) is 0.259. The van der Waals surface area contributed by atoms with Crippen LogP contribution in [-0.4, -0.2) is 24.9 Å². The summed E-state index contributed by atoms with van der Waals surface area (Å²) >= 11 is 0. The van der Waals surface area contributed by atoms with E-state index in [-0.39, 0.29) is 17.9 Å². The monoisotopic (exact) mass is 427 g/mol. The summed E-state index contributed by atoms with van der Waals surface area (Å²) < 4.78 is 0. The zero-order valence-corrected chi connectivity index (χ0v) is 18.4. The third-order valence-electron chi connectivity index (χ3n) is 5.78. The molecule has 0 aromatic heterocycles. The van der Waals surface area contributed by atoms with Crippen LogP contribution in [0.1, 0.15) is 42.0 Å². The van der Waals surface area contributed by atoms with Gasteiger partial charge in [-0.05, 0) is 48.7 Å². The Hall–Kier alpha value is -3.44. The number of nitrogens with zero attached hydrogens (tertiary/aromatic N) is 1. The van der Waals surface area contributed by atoms with E-state index in [9.17, 15) is 9.59 Å². The van der Waals surface area contributed by atoms with Gasteiger partial charge in [0.2, 0.25) is 11.8 Å². The van der Waals surface area contributed by atoms with E-state index in [1.807, 2.05) is 42.5 Å². The molecule has 3 aromatic carbocycles. The zero-order valence-electron chi connectivity index (χ0n) is 18.4. The smallest absolute Gasteiger partial charge is 0.227 e. The molecule has 0 saturated carbocycles. The van der Waals surface area contributed by atoms with Crippen LogP contribution in [0.4, 0.5) is 11.4 Å². The average Bonchev–Trinajstić information content (AvgIpc) is 3.24. The summed E-state index contributed by atoms with van der Waals surface area (Å²) in [7, 11) is 0. The van der Waals surface area contributed by atoms with Crippen LogP contribution in [0.3, 0.4) is 0 Å². The highest BCUT2D eigenvalue weighted by Gasteiger charge is 2.21. The van der Waals surface area contributed by atoms with Crippen molar-refractivity contribution in [3.8, 4) is 0 Å². The summed E-state index contributed by atoms with van der Waals surface area (Å²) in [4.78, 5) is 26.2. The lowest BCUT2D eigenvalue weighted by molar-refractivity contribution is -0.117. The van der Waals surface area contributed by atoms with Crippen LogP contribution in [0.25, 0.3) is 0 Å². The summed E-state index contributed by atoms with van der Waals surface area (Å²) in [6, 6.07) is 26.3. The lowest BCUT2D eigenvalue weighted by Gasteiger charge is -2.20. The number of anilines is 2. The first-order valence-corrected chi connectivity index (χ1v) is 11.2. The molecule has 5 heteroatoms. The summed E-state index contributed by atoms with van der Waals surface area (Å²) in [6.07, 6.45) is 1.87. The van der Waals surface area contributed by atoms with E-state index in [4.69, 9.17) is 0 Å². The van der Waals surface area contributed by atoms with Gasteiger partial charge in [0, 0.05) is 37.3 Å². The van der Waals surface area contributed by atoms with Crippen molar-refractivity contribution in [2.24, 2.45) is 0 Å². The SMILES string of the molecule is Cc1ccc([C@H](NCCC(=O)Nc2ccc(N3CCCC3=O)cc2)c2ccccc2)cc1. The van der Waals surface area contributed by atoms with Crippen molar-refractivity contribution in [3.63, 3.8) is 0 Å². The van der Waals surface area contributed by atoms with E-state index in [0.29, 0.717) is 19.4 Å². The molecule has 4 rings (SSSR count). The molecule has 5 nitrogen and oxygen atoms in total. The Kier molecular flexibility index (Phi) is 6.97. The second-order valence-corrected chi connectivity index (χ2v) is 8.20. The van der Waals surface area contributed by atoms with Crippen molar-refractivity contribution >= 4 is 23.2 Å². The molecule has 0 spiro atoms. The van der Waals surface area contributed by atoms with E-state index in [0.717, 1.165) is 24.3 Å². The lowest BCUT2D eigenvalue weighted by Crippen LogP contribution is -2.27. The number of hydrogen-bond acceptors (Lipinski definition) is 3. The molecular formula is C27H29N3O2. The number of benzene rings is 3. The number of hydrogen-bond donors (Lipinski definition) is 2. The van der Waals surface area contributed by atoms with Gasteiger partial charge in [0.1, 0.15) is 0 Å². The van der Waals surface area contributed by atoms with E-state index in [1.165, 1.54) is 16.7 Å². The van der Waals surface area contributed by atoms with E-state index in [2.05, 4.69) is 54.0 Å². The number of nitrogens with one attached hydrogen (secondary N) is 2. The molecule has 0 bridgehead atoms. The molecule has 1 aliphatic heterocycles. The number of carbonyl (C=O) groups excluding carboxylic acids is 2.